The molecule has 3 aromatic rings. The van der Waals surface area contributed by atoms with Crippen LogP contribution in [0.2, 0.25) is 0 Å². The lowest BCUT2D eigenvalue weighted by atomic mass is 9.99. The SMILES string of the molecule is O=C(Nc1ccc(N2CC[C@H](c3ccccc3)C2)c(C(=O)O)c1)c1ccccc1F. The van der Waals surface area contributed by atoms with Crippen molar-refractivity contribution in [3.63, 3.8) is 0 Å². The molecule has 0 spiro atoms. The topological polar surface area (TPSA) is 69.6 Å². The van der Waals surface area contributed by atoms with Crippen LogP contribution in [0.3, 0.4) is 0 Å². The summed E-state index contributed by atoms with van der Waals surface area (Å²) in [5.74, 6) is -1.99. The van der Waals surface area contributed by atoms with Crippen molar-refractivity contribution in [1.82, 2.24) is 0 Å². The molecule has 0 saturated carbocycles. The van der Waals surface area contributed by atoms with Crippen molar-refractivity contribution in [3.8, 4) is 0 Å². The number of benzene rings is 3. The predicted octanol–water partition coefficient (Wildman–Crippen LogP) is 4.77. The molecule has 1 aliphatic heterocycles. The van der Waals surface area contributed by atoms with Gasteiger partial charge in [-0.3, -0.25) is 4.79 Å². The van der Waals surface area contributed by atoms with Gasteiger partial charge in [-0.05, 0) is 42.3 Å². The average molecular weight is 404 g/mol. The molecule has 0 aliphatic carbocycles. The first kappa shape index (κ1) is 19.6. The highest BCUT2D eigenvalue weighted by molar-refractivity contribution is 6.05. The Morgan fingerprint density at radius 2 is 1.70 bits per heavy atom. The second-order valence-corrected chi connectivity index (χ2v) is 7.31. The molecule has 1 aliphatic rings. The molecule has 0 aromatic heterocycles. The van der Waals surface area contributed by atoms with Gasteiger partial charge in [0.1, 0.15) is 5.82 Å². The molecule has 1 atom stereocenters. The molecule has 2 N–H and O–H groups in total. The number of anilines is 2. The van der Waals surface area contributed by atoms with Crippen LogP contribution < -0.4 is 10.2 Å². The zero-order valence-electron chi connectivity index (χ0n) is 16.2. The Labute approximate surface area is 173 Å². The summed E-state index contributed by atoms with van der Waals surface area (Å²) in [6, 6.07) is 20.6. The van der Waals surface area contributed by atoms with Crippen LogP contribution in [-0.2, 0) is 0 Å². The molecule has 0 bridgehead atoms. The van der Waals surface area contributed by atoms with Crippen molar-refractivity contribution >= 4 is 23.3 Å². The third-order valence-electron chi connectivity index (χ3n) is 5.40. The fourth-order valence-corrected chi connectivity index (χ4v) is 3.88. The fourth-order valence-electron chi connectivity index (χ4n) is 3.88. The third kappa shape index (κ3) is 4.03. The minimum absolute atomic E-state index is 0.0938. The van der Waals surface area contributed by atoms with E-state index in [9.17, 15) is 19.1 Å². The molecule has 3 aromatic carbocycles. The molecule has 5 nitrogen and oxygen atoms in total. The number of carbonyl (C=O) groups is 2. The van der Waals surface area contributed by atoms with Gasteiger partial charge < -0.3 is 15.3 Å². The summed E-state index contributed by atoms with van der Waals surface area (Å²) in [7, 11) is 0. The summed E-state index contributed by atoms with van der Waals surface area (Å²) in [5.41, 5.74) is 2.18. The molecule has 6 heteroatoms. The van der Waals surface area contributed by atoms with Crippen LogP contribution in [0.4, 0.5) is 15.8 Å². The van der Waals surface area contributed by atoms with Crippen molar-refractivity contribution in [2.75, 3.05) is 23.3 Å². The summed E-state index contributed by atoms with van der Waals surface area (Å²) in [4.78, 5) is 26.3. The summed E-state index contributed by atoms with van der Waals surface area (Å²) in [5, 5.41) is 12.3. The Bertz CT molecular complexity index is 1080. The lowest BCUT2D eigenvalue weighted by molar-refractivity contribution is 0.0697. The minimum atomic E-state index is -1.07. The highest BCUT2D eigenvalue weighted by atomic mass is 19.1. The van der Waals surface area contributed by atoms with Gasteiger partial charge in [-0.1, -0.05) is 42.5 Å². The van der Waals surface area contributed by atoms with Crippen LogP contribution in [-0.4, -0.2) is 30.1 Å². The number of carbonyl (C=O) groups excluding carboxylic acids is 1. The summed E-state index contributed by atoms with van der Waals surface area (Å²) in [6.07, 6.45) is 0.939. The second kappa shape index (κ2) is 8.37. The van der Waals surface area contributed by atoms with Gasteiger partial charge in [0, 0.05) is 24.7 Å². The zero-order valence-corrected chi connectivity index (χ0v) is 16.2. The Morgan fingerprint density at radius 1 is 0.967 bits per heavy atom. The van der Waals surface area contributed by atoms with E-state index in [1.807, 2.05) is 18.2 Å². The van der Waals surface area contributed by atoms with E-state index < -0.39 is 17.7 Å². The van der Waals surface area contributed by atoms with Crippen molar-refractivity contribution in [2.45, 2.75) is 12.3 Å². The summed E-state index contributed by atoms with van der Waals surface area (Å²) >= 11 is 0. The Kier molecular flexibility index (Phi) is 5.48. The van der Waals surface area contributed by atoms with Gasteiger partial charge in [-0.15, -0.1) is 0 Å². The monoisotopic (exact) mass is 404 g/mol. The normalized spacial score (nSPS) is 15.8. The number of nitrogens with one attached hydrogen (secondary N) is 1. The zero-order chi connectivity index (χ0) is 21.1. The highest BCUT2D eigenvalue weighted by Crippen LogP contribution is 2.33. The van der Waals surface area contributed by atoms with Crippen LogP contribution in [0.5, 0.6) is 0 Å². The number of halogens is 1. The molecule has 1 saturated heterocycles. The number of carboxylic acids is 1. The molecular weight excluding hydrogens is 383 g/mol. The van der Waals surface area contributed by atoms with Crippen molar-refractivity contribution < 1.29 is 19.1 Å². The number of rotatable bonds is 5. The highest BCUT2D eigenvalue weighted by Gasteiger charge is 2.27. The van der Waals surface area contributed by atoms with Crippen LogP contribution in [0, 0.1) is 5.82 Å². The molecule has 30 heavy (non-hydrogen) atoms. The van der Waals surface area contributed by atoms with E-state index in [2.05, 4.69) is 22.3 Å². The molecule has 1 heterocycles. The number of carboxylic acid groups (broad SMARTS) is 1. The number of hydrogen-bond donors (Lipinski definition) is 2. The van der Waals surface area contributed by atoms with Crippen molar-refractivity contribution in [2.24, 2.45) is 0 Å². The number of aromatic carboxylic acids is 1. The van der Waals surface area contributed by atoms with E-state index in [1.54, 1.807) is 18.2 Å². The van der Waals surface area contributed by atoms with E-state index in [0.717, 1.165) is 19.5 Å². The fraction of sp³-hybridized carbons (Fsp3) is 0.167. The first-order valence-corrected chi connectivity index (χ1v) is 9.76. The van der Waals surface area contributed by atoms with Crippen molar-refractivity contribution in [3.05, 3.63) is 95.3 Å². The van der Waals surface area contributed by atoms with Gasteiger partial charge in [0.15, 0.2) is 0 Å². The van der Waals surface area contributed by atoms with Crippen LogP contribution >= 0.6 is 0 Å². The number of amides is 1. The maximum atomic E-state index is 13.8. The van der Waals surface area contributed by atoms with Gasteiger partial charge in [-0.2, -0.15) is 0 Å². The lowest BCUT2D eigenvalue weighted by Crippen LogP contribution is -2.22. The third-order valence-corrected chi connectivity index (χ3v) is 5.40. The smallest absolute Gasteiger partial charge is 0.337 e. The maximum absolute atomic E-state index is 13.8. The minimum Gasteiger partial charge on any atom is -0.478 e. The second-order valence-electron chi connectivity index (χ2n) is 7.31. The molecule has 152 valence electrons. The largest absolute Gasteiger partial charge is 0.478 e. The lowest BCUT2D eigenvalue weighted by Gasteiger charge is -2.21. The molecule has 1 fully saturated rings. The Hall–Kier alpha value is -3.67. The van der Waals surface area contributed by atoms with Gasteiger partial charge in [0.25, 0.3) is 5.91 Å². The van der Waals surface area contributed by atoms with Crippen molar-refractivity contribution in [1.29, 1.82) is 0 Å². The standard InChI is InChI=1S/C24H21FN2O3/c25-21-9-5-4-8-19(21)23(28)26-18-10-11-22(20(14-18)24(29)30)27-13-12-17(15-27)16-6-2-1-3-7-16/h1-11,14,17H,12-13,15H2,(H,26,28)(H,29,30)/t17-/m0/s1. The molecule has 0 unspecified atom stereocenters. The molecular formula is C24H21FN2O3. The number of nitrogens with zero attached hydrogens (tertiary/aromatic N) is 1. The maximum Gasteiger partial charge on any atom is 0.337 e. The Morgan fingerprint density at radius 3 is 2.43 bits per heavy atom. The summed E-state index contributed by atoms with van der Waals surface area (Å²) < 4.78 is 13.8. The van der Waals surface area contributed by atoms with E-state index in [4.69, 9.17) is 0 Å². The van der Waals surface area contributed by atoms with E-state index >= 15 is 0 Å². The van der Waals surface area contributed by atoms with Crippen LogP contribution in [0.1, 0.15) is 38.6 Å². The van der Waals surface area contributed by atoms with E-state index in [0.29, 0.717) is 17.3 Å². The average Bonchev–Trinajstić information content (AvgIpc) is 3.24. The summed E-state index contributed by atoms with van der Waals surface area (Å²) in [6.45, 7) is 1.48. The Balaban J connectivity index is 1.55. The predicted molar refractivity (Wildman–Crippen MR) is 114 cm³/mol. The quantitative estimate of drug-likeness (QED) is 0.643. The van der Waals surface area contributed by atoms with Crippen LogP contribution in [0.15, 0.2) is 72.8 Å². The van der Waals surface area contributed by atoms with Gasteiger partial charge >= 0.3 is 5.97 Å². The molecule has 1 amide bonds. The van der Waals surface area contributed by atoms with Gasteiger partial charge in [-0.25, -0.2) is 9.18 Å². The first-order chi connectivity index (χ1) is 14.5. The van der Waals surface area contributed by atoms with Gasteiger partial charge in [0.05, 0.1) is 16.8 Å². The van der Waals surface area contributed by atoms with Gasteiger partial charge in [0.2, 0.25) is 0 Å². The molecule has 0 radical (unpaired) electrons. The number of hydrogen-bond acceptors (Lipinski definition) is 3. The van der Waals surface area contributed by atoms with E-state index in [1.165, 1.54) is 29.8 Å². The molecule has 4 rings (SSSR count). The van der Waals surface area contributed by atoms with E-state index in [-0.39, 0.29) is 11.1 Å². The van der Waals surface area contributed by atoms with Crippen LogP contribution in [0.25, 0.3) is 0 Å². The first-order valence-electron chi connectivity index (χ1n) is 9.76.